The Morgan fingerprint density at radius 2 is 1.00 bits per heavy atom. The monoisotopic (exact) mass is 288 g/mol. The summed E-state index contributed by atoms with van der Waals surface area (Å²) < 4.78 is 0. The van der Waals surface area contributed by atoms with E-state index >= 15 is 0 Å². The SMILES string of the molecule is O=C(O)/C=C\C(=O)O.O=C(O)C1CCCCC1C(=O)O. The van der Waals surface area contributed by atoms with Gasteiger partial charge in [0, 0.05) is 12.2 Å². The first-order valence-electron chi connectivity index (χ1n) is 5.85. The lowest BCUT2D eigenvalue weighted by Crippen LogP contribution is -2.32. The maximum Gasteiger partial charge on any atom is 0.328 e. The van der Waals surface area contributed by atoms with Gasteiger partial charge in [-0.2, -0.15) is 0 Å². The van der Waals surface area contributed by atoms with Gasteiger partial charge < -0.3 is 20.4 Å². The van der Waals surface area contributed by atoms with Crippen molar-refractivity contribution in [3.63, 3.8) is 0 Å². The minimum atomic E-state index is -1.26. The number of hydrogen-bond donors (Lipinski definition) is 4. The van der Waals surface area contributed by atoms with Crippen molar-refractivity contribution in [2.75, 3.05) is 0 Å². The van der Waals surface area contributed by atoms with Gasteiger partial charge in [0.2, 0.25) is 0 Å². The van der Waals surface area contributed by atoms with Crippen molar-refractivity contribution in [3.05, 3.63) is 12.2 Å². The largest absolute Gasteiger partial charge is 0.481 e. The van der Waals surface area contributed by atoms with E-state index in [1.165, 1.54) is 0 Å². The second-order valence-electron chi connectivity index (χ2n) is 4.18. The highest BCUT2D eigenvalue weighted by atomic mass is 16.4. The highest BCUT2D eigenvalue weighted by Gasteiger charge is 2.35. The zero-order valence-corrected chi connectivity index (χ0v) is 10.6. The van der Waals surface area contributed by atoms with Crippen molar-refractivity contribution in [3.8, 4) is 0 Å². The Balaban J connectivity index is 0.000000396. The van der Waals surface area contributed by atoms with Gasteiger partial charge in [-0.15, -0.1) is 0 Å². The molecule has 8 heteroatoms. The molecule has 1 fully saturated rings. The standard InChI is InChI=1S/C8H12O4.C4H4O4/c9-7(10)5-3-1-2-4-6(5)8(11)12;5-3(6)1-2-4(7)8/h5-6H,1-4H2,(H,9,10)(H,11,12);1-2H,(H,5,6)(H,7,8)/b;2-1-. The maximum absolute atomic E-state index is 10.6. The molecule has 0 aliphatic heterocycles. The molecular weight excluding hydrogens is 272 g/mol. The van der Waals surface area contributed by atoms with Gasteiger partial charge in [0.05, 0.1) is 11.8 Å². The van der Waals surface area contributed by atoms with Crippen LogP contribution in [-0.2, 0) is 19.2 Å². The molecule has 1 saturated carbocycles. The summed E-state index contributed by atoms with van der Waals surface area (Å²) in [5.41, 5.74) is 0. The van der Waals surface area contributed by atoms with Crippen LogP contribution in [0.25, 0.3) is 0 Å². The Hall–Kier alpha value is -2.38. The Labute approximate surface area is 114 Å². The van der Waals surface area contributed by atoms with E-state index in [1.54, 1.807) is 0 Å². The fourth-order valence-electron chi connectivity index (χ4n) is 1.86. The number of hydrogen-bond acceptors (Lipinski definition) is 4. The zero-order chi connectivity index (χ0) is 15.7. The third-order valence-corrected chi connectivity index (χ3v) is 2.77. The Kier molecular flexibility index (Phi) is 7.64. The molecule has 0 heterocycles. The molecule has 1 rings (SSSR count). The van der Waals surface area contributed by atoms with Gasteiger partial charge in [-0.25, -0.2) is 9.59 Å². The van der Waals surface area contributed by atoms with Gasteiger partial charge >= 0.3 is 23.9 Å². The van der Waals surface area contributed by atoms with Crippen molar-refractivity contribution in [2.45, 2.75) is 25.7 Å². The van der Waals surface area contributed by atoms with E-state index in [-0.39, 0.29) is 0 Å². The molecule has 112 valence electrons. The first kappa shape index (κ1) is 17.6. The molecule has 1 aliphatic rings. The minimum absolute atomic E-state index is 0.506. The van der Waals surface area contributed by atoms with Gasteiger partial charge in [-0.3, -0.25) is 9.59 Å². The second-order valence-corrected chi connectivity index (χ2v) is 4.18. The average Bonchev–Trinajstić information content (AvgIpc) is 2.37. The molecule has 0 aromatic heterocycles. The molecule has 8 nitrogen and oxygen atoms in total. The summed E-state index contributed by atoms with van der Waals surface area (Å²) in [6.45, 7) is 0. The van der Waals surface area contributed by atoms with Crippen LogP contribution in [0.1, 0.15) is 25.7 Å². The highest BCUT2D eigenvalue weighted by Crippen LogP contribution is 2.30. The van der Waals surface area contributed by atoms with Crippen LogP contribution in [0.5, 0.6) is 0 Å². The number of rotatable bonds is 4. The van der Waals surface area contributed by atoms with Crippen molar-refractivity contribution in [1.82, 2.24) is 0 Å². The molecule has 4 N–H and O–H groups in total. The van der Waals surface area contributed by atoms with E-state index in [9.17, 15) is 19.2 Å². The predicted molar refractivity (Wildman–Crippen MR) is 65.1 cm³/mol. The lowest BCUT2D eigenvalue weighted by atomic mass is 9.79. The Morgan fingerprint density at radius 3 is 1.20 bits per heavy atom. The molecule has 0 amide bonds. The number of carbonyl (C=O) groups is 4. The summed E-state index contributed by atoms with van der Waals surface area (Å²) in [5.74, 6) is -5.79. The molecule has 2 unspecified atom stereocenters. The van der Waals surface area contributed by atoms with Crippen molar-refractivity contribution in [2.24, 2.45) is 11.8 Å². The van der Waals surface area contributed by atoms with Gasteiger partial charge in [-0.05, 0) is 12.8 Å². The van der Waals surface area contributed by atoms with E-state index in [2.05, 4.69) is 0 Å². The molecule has 2 atom stereocenters. The first-order valence-corrected chi connectivity index (χ1v) is 5.85. The maximum atomic E-state index is 10.6. The Bertz CT molecular complexity index is 374. The van der Waals surface area contributed by atoms with Crippen LogP contribution >= 0.6 is 0 Å². The second kappa shape index (κ2) is 8.68. The minimum Gasteiger partial charge on any atom is -0.481 e. The fourth-order valence-corrected chi connectivity index (χ4v) is 1.86. The molecule has 1 aliphatic carbocycles. The normalized spacial score (nSPS) is 21.6. The summed E-state index contributed by atoms with van der Waals surface area (Å²) in [6, 6.07) is 0. The lowest BCUT2D eigenvalue weighted by Gasteiger charge is -2.24. The van der Waals surface area contributed by atoms with E-state index in [0.29, 0.717) is 25.0 Å². The van der Waals surface area contributed by atoms with Crippen LogP contribution in [0, 0.1) is 11.8 Å². The van der Waals surface area contributed by atoms with Crippen LogP contribution in [0.4, 0.5) is 0 Å². The third kappa shape index (κ3) is 7.14. The van der Waals surface area contributed by atoms with Crippen molar-refractivity contribution in [1.29, 1.82) is 0 Å². The smallest absolute Gasteiger partial charge is 0.328 e. The van der Waals surface area contributed by atoms with Crippen LogP contribution in [-0.4, -0.2) is 44.3 Å². The highest BCUT2D eigenvalue weighted by molar-refractivity contribution is 5.89. The van der Waals surface area contributed by atoms with Gasteiger partial charge in [0.15, 0.2) is 0 Å². The van der Waals surface area contributed by atoms with Gasteiger partial charge in [0.25, 0.3) is 0 Å². The third-order valence-electron chi connectivity index (χ3n) is 2.77. The van der Waals surface area contributed by atoms with Crippen molar-refractivity contribution >= 4 is 23.9 Å². The summed E-state index contributed by atoms with van der Waals surface area (Å²) in [7, 11) is 0. The van der Waals surface area contributed by atoms with Crippen LogP contribution in [0.2, 0.25) is 0 Å². The van der Waals surface area contributed by atoms with Crippen molar-refractivity contribution < 1.29 is 39.6 Å². The van der Waals surface area contributed by atoms with E-state index in [4.69, 9.17) is 20.4 Å². The quantitative estimate of drug-likeness (QED) is 0.551. The summed E-state index contributed by atoms with van der Waals surface area (Å²) >= 11 is 0. The molecule has 0 bridgehead atoms. The average molecular weight is 288 g/mol. The van der Waals surface area contributed by atoms with Crippen LogP contribution < -0.4 is 0 Å². The van der Waals surface area contributed by atoms with E-state index in [0.717, 1.165) is 12.8 Å². The van der Waals surface area contributed by atoms with Crippen LogP contribution in [0.15, 0.2) is 12.2 Å². The van der Waals surface area contributed by atoms with E-state index in [1.807, 2.05) is 0 Å². The molecule has 0 aromatic rings. The lowest BCUT2D eigenvalue weighted by molar-refractivity contribution is -0.155. The van der Waals surface area contributed by atoms with Crippen LogP contribution in [0.3, 0.4) is 0 Å². The summed E-state index contributed by atoms with van der Waals surface area (Å²) in [5, 5.41) is 33.0. The molecule has 0 radical (unpaired) electrons. The number of aliphatic carboxylic acids is 4. The van der Waals surface area contributed by atoms with Gasteiger partial charge in [0.1, 0.15) is 0 Å². The summed E-state index contributed by atoms with van der Waals surface area (Å²) in [6.07, 6.45) is 3.80. The van der Waals surface area contributed by atoms with E-state index < -0.39 is 35.7 Å². The fraction of sp³-hybridized carbons (Fsp3) is 0.500. The molecular formula is C12H16O8. The predicted octanol–water partition coefficient (Wildman–Crippen LogP) is 0.674. The molecule has 0 spiro atoms. The molecule has 20 heavy (non-hydrogen) atoms. The molecule has 0 saturated heterocycles. The summed E-state index contributed by atoms with van der Waals surface area (Å²) in [4.78, 5) is 40.3. The van der Waals surface area contributed by atoms with Gasteiger partial charge in [-0.1, -0.05) is 12.8 Å². The number of carboxylic acids is 4. The Morgan fingerprint density at radius 1 is 0.700 bits per heavy atom. The molecule has 0 aromatic carbocycles. The number of carboxylic acid groups (broad SMARTS) is 4. The zero-order valence-electron chi connectivity index (χ0n) is 10.6. The first-order chi connectivity index (χ1) is 9.25. The topological polar surface area (TPSA) is 149 Å².